The molecule has 0 atom stereocenters. The van der Waals surface area contributed by atoms with E-state index in [-0.39, 0.29) is 17.5 Å². The van der Waals surface area contributed by atoms with Crippen molar-refractivity contribution in [2.75, 3.05) is 0 Å². The maximum atomic E-state index is 13.2. The number of nitrogens with zero attached hydrogens (tertiary/aromatic N) is 1. The number of benzene rings is 1. The highest BCUT2D eigenvalue weighted by molar-refractivity contribution is 5.37. The Balaban J connectivity index is 2.21. The van der Waals surface area contributed by atoms with Gasteiger partial charge >= 0.3 is 0 Å². The van der Waals surface area contributed by atoms with Crippen LogP contribution in [0.3, 0.4) is 0 Å². The Kier molecular flexibility index (Phi) is 2.07. The molecule has 0 unspecified atom stereocenters. The maximum absolute atomic E-state index is 13.2. The standard InChI is InChI=1S/C9H8FNO3/c10-8-5-6(11(12)13)1-4-9(8)14-7-2-3-7/h1,4-5,7H,2-3H2. The Hall–Kier alpha value is -1.65. The summed E-state index contributed by atoms with van der Waals surface area (Å²) in [4.78, 5) is 9.66. The van der Waals surface area contributed by atoms with Gasteiger partial charge in [0.15, 0.2) is 11.6 Å². The van der Waals surface area contributed by atoms with Crippen molar-refractivity contribution in [3.8, 4) is 5.75 Å². The van der Waals surface area contributed by atoms with Gasteiger partial charge in [0.05, 0.1) is 17.1 Å². The van der Waals surface area contributed by atoms with Crippen LogP contribution in [0.15, 0.2) is 18.2 Å². The third-order valence-electron chi connectivity index (χ3n) is 1.94. The molecule has 0 bridgehead atoms. The second kappa shape index (κ2) is 3.25. The summed E-state index contributed by atoms with van der Waals surface area (Å²) in [6.45, 7) is 0. The van der Waals surface area contributed by atoms with Crippen molar-refractivity contribution in [2.45, 2.75) is 18.9 Å². The average Bonchev–Trinajstić information content (AvgIpc) is 2.92. The van der Waals surface area contributed by atoms with Crippen LogP contribution in [0, 0.1) is 15.9 Å². The summed E-state index contributed by atoms with van der Waals surface area (Å²) in [7, 11) is 0. The van der Waals surface area contributed by atoms with Gasteiger partial charge in [0.2, 0.25) is 0 Å². The minimum absolute atomic E-state index is 0.0888. The van der Waals surface area contributed by atoms with Gasteiger partial charge in [0, 0.05) is 6.07 Å². The van der Waals surface area contributed by atoms with Crippen LogP contribution in [0.1, 0.15) is 12.8 Å². The van der Waals surface area contributed by atoms with Gasteiger partial charge in [-0.15, -0.1) is 0 Å². The van der Waals surface area contributed by atoms with Gasteiger partial charge in [-0.2, -0.15) is 0 Å². The molecular weight excluding hydrogens is 189 g/mol. The molecule has 2 rings (SSSR count). The van der Waals surface area contributed by atoms with Crippen LogP contribution >= 0.6 is 0 Å². The highest BCUT2D eigenvalue weighted by atomic mass is 19.1. The lowest BCUT2D eigenvalue weighted by Crippen LogP contribution is -1.99. The van der Waals surface area contributed by atoms with Gasteiger partial charge in [0.25, 0.3) is 5.69 Å². The molecular formula is C9H8FNO3. The van der Waals surface area contributed by atoms with E-state index in [1.165, 1.54) is 12.1 Å². The summed E-state index contributed by atoms with van der Waals surface area (Å²) in [6, 6.07) is 3.41. The molecule has 1 aliphatic rings. The third-order valence-corrected chi connectivity index (χ3v) is 1.94. The van der Waals surface area contributed by atoms with E-state index in [2.05, 4.69) is 0 Å². The molecule has 74 valence electrons. The van der Waals surface area contributed by atoms with E-state index in [1.54, 1.807) is 0 Å². The summed E-state index contributed by atoms with van der Waals surface area (Å²) in [5.41, 5.74) is -0.259. The fourth-order valence-electron chi connectivity index (χ4n) is 1.06. The zero-order valence-corrected chi connectivity index (χ0v) is 7.27. The van der Waals surface area contributed by atoms with Crippen molar-refractivity contribution in [1.29, 1.82) is 0 Å². The van der Waals surface area contributed by atoms with Gasteiger partial charge in [0.1, 0.15) is 0 Å². The predicted molar refractivity (Wildman–Crippen MR) is 46.7 cm³/mol. The summed E-state index contributed by atoms with van der Waals surface area (Å²) < 4.78 is 18.4. The van der Waals surface area contributed by atoms with Crippen LogP contribution < -0.4 is 4.74 Å². The summed E-state index contributed by atoms with van der Waals surface area (Å²) in [6.07, 6.45) is 1.94. The highest BCUT2D eigenvalue weighted by Crippen LogP contribution is 2.30. The van der Waals surface area contributed by atoms with E-state index in [4.69, 9.17) is 4.74 Å². The number of halogens is 1. The molecule has 1 aromatic rings. The molecule has 0 amide bonds. The molecule has 0 N–H and O–H groups in total. The Morgan fingerprint density at radius 2 is 2.21 bits per heavy atom. The normalized spacial score (nSPS) is 15.2. The van der Waals surface area contributed by atoms with Gasteiger partial charge in [-0.25, -0.2) is 4.39 Å². The highest BCUT2D eigenvalue weighted by Gasteiger charge is 2.25. The number of nitro groups is 1. The van der Waals surface area contributed by atoms with E-state index >= 15 is 0 Å². The molecule has 14 heavy (non-hydrogen) atoms. The van der Waals surface area contributed by atoms with Crippen molar-refractivity contribution >= 4 is 5.69 Å². The van der Waals surface area contributed by atoms with E-state index in [1.807, 2.05) is 0 Å². The van der Waals surface area contributed by atoms with Gasteiger partial charge in [-0.3, -0.25) is 10.1 Å². The first-order chi connectivity index (χ1) is 6.66. The maximum Gasteiger partial charge on any atom is 0.272 e. The summed E-state index contributed by atoms with van der Waals surface area (Å²) in [5, 5.41) is 10.3. The van der Waals surface area contributed by atoms with Crippen LogP contribution in [0.4, 0.5) is 10.1 Å². The van der Waals surface area contributed by atoms with Crippen LogP contribution in [0.25, 0.3) is 0 Å². The number of non-ortho nitro benzene ring substituents is 1. The van der Waals surface area contributed by atoms with Crippen molar-refractivity contribution in [2.24, 2.45) is 0 Å². The SMILES string of the molecule is O=[N+]([O-])c1ccc(OC2CC2)c(F)c1. The fourth-order valence-corrected chi connectivity index (χ4v) is 1.06. The first-order valence-electron chi connectivity index (χ1n) is 4.27. The number of rotatable bonds is 3. The lowest BCUT2D eigenvalue weighted by Gasteiger charge is -2.04. The second-order valence-corrected chi connectivity index (χ2v) is 3.19. The number of hydrogen-bond donors (Lipinski definition) is 0. The predicted octanol–water partition coefficient (Wildman–Crippen LogP) is 2.28. The second-order valence-electron chi connectivity index (χ2n) is 3.19. The smallest absolute Gasteiger partial charge is 0.272 e. The molecule has 5 heteroatoms. The zero-order valence-electron chi connectivity index (χ0n) is 7.27. The fraction of sp³-hybridized carbons (Fsp3) is 0.333. The van der Waals surface area contributed by atoms with Gasteiger partial charge < -0.3 is 4.74 Å². The largest absolute Gasteiger partial charge is 0.487 e. The lowest BCUT2D eigenvalue weighted by molar-refractivity contribution is -0.385. The molecule has 0 spiro atoms. The third kappa shape index (κ3) is 1.81. The minimum Gasteiger partial charge on any atom is -0.487 e. The quantitative estimate of drug-likeness (QED) is 0.551. The molecule has 1 aromatic carbocycles. The number of ether oxygens (including phenoxy) is 1. The van der Waals surface area contributed by atoms with E-state index in [0.717, 1.165) is 18.9 Å². The first-order valence-corrected chi connectivity index (χ1v) is 4.27. The molecule has 0 aliphatic heterocycles. The van der Waals surface area contributed by atoms with Crippen LogP contribution in [0.5, 0.6) is 5.75 Å². The summed E-state index contributed by atoms with van der Waals surface area (Å²) in [5.74, 6) is -0.579. The molecule has 0 heterocycles. The van der Waals surface area contributed by atoms with Crippen LogP contribution in [0.2, 0.25) is 0 Å². The van der Waals surface area contributed by atoms with E-state index in [9.17, 15) is 14.5 Å². The molecule has 0 radical (unpaired) electrons. The number of hydrogen-bond acceptors (Lipinski definition) is 3. The van der Waals surface area contributed by atoms with Crippen molar-refractivity contribution in [1.82, 2.24) is 0 Å². The molecule has 1 fully saturated rings. The van der Waals surface area contributed by atoms with Crippen molar-refractivity contribution in [3.63, 3.8) is 0 Å². The minimum atomic E-state index is -0.675. The Morgan fingerprint density at radius 1 is 1.50 bits per heavy atom. The molecule has 1 saturated carbocycles. The first kappa shape index (κ1) is 8.93. The molecule has 0 saturated heterocycles. The molecule has 4 nitrogen and oxygen atoms in total. The van der Waals surface area contributed by atoms with Crippen LogP contribution in [-0.4, -0.2) is 11.0 Å². The zero-order chi connectivity index (χ0) is 10.1. The Morgan fingerprint density at radius 3 is 2.71 bits per heavy atom. The topological polar surface area (TPSA) is 52.4 Å². The van der Waals surface area contributed by atoms with Crippen molar-refractivity contribution in [3.05, 3.63) is 34.1 Å². The average molecular weight is 197 g/mol. The van der Waals surface area contributed by atoms with Gasteiger partial charge in [-0.05, 0) is 18.9 Å². The molecule has 1 aliphatic carbocycles. The lowest BCUT2D eigenvalue weighted by atomic mass is 10.3. The molecule has 0 aromatic heterocycles. The van der Waals surface area contributed by atoms with Crippen molar-refractivity contribution < 1.29 is 14.1 Å². The Bertz CT molecular complexity index is 376. The monoisotopic (exact) mass is 197 g/mol. The Labute approximate surface area is 79.5 Å². The van der Waals surface area contributed by atoms with Crippen LogP contribution in [-0.2, 0) is 0 Å². The van der Waals surface area contributed by atoms with E-state index < -0.39 is 10.7 Å². The number of nitro benzene ring substituents is 1. The van der Waals surface area contributed by atoms with Gasteiger partial charge in [-0.1, -0.05) is 0 Å². The summed E-state index contributed by atoms with van der Waals surface area (Å²) >= 11 is 0. The van der Waals surface area contributed by atoms with E-state index in [0.29, 0.717) is 0 Å².